The summed E-state index contributed by atoms with van der Waals surface area (Å²) in [5.74, 6) is 0. The molecular weight excluding hydrogens is 236 g/mol. The van der Waals surface area contributed by atoms with E-state index in [1.54, 1.807) is 0 Å². The van der Waals surface area contributed by atoms with E-state index in [0.29, 0.717) is 6.54 Å². The number of hydrogen-bond donors (Lipinski definition) is 2. The molecule has 0 aliphatic rings. The van der Waals surface area contributed by atoms with Crippen molar-refractivity contribution in [1.82, 2.24) is 4.90 Å². The van der Waals surface area contributed by atoms with Crippen LogP contribution in [0, 0.1) is 0 Å². The third-order valence-corrected chi connectivity index (χ3v) is 3.40. The van der Waals surface area contributed by atoms with Crippen molar-refractivity contribution >= 4 is 5.69 Å². The second-order valence-electron chi connectivity index (χ2n) is 4.97. The highest BCUT2D eigenvalue weighted by Crippen LogP contribution is 2.11. The van der Waals surface area contributed by atoms with Gasteiger partial charge in [-0.2, -0.15) is 0 Å². The SMILES string of the molecule is CCCc1ccc(NCC(O)CN(CC)CC)cc1. The first kappa shape index (κ1) is 16.0. The number of anilines is 1. The van der Waals surface area contributed by atoms with Crippen LogP contribution in [0.2, 0.25) is 0 Å². The fraction of sp³-hybridized carbons (Fsp3) is 0.625. The molecule has 1 aromatic carbocycles. The molecule has 0 bridgehead atoms. The first-order chi connectivity index (χ1) is 9.19. The zero-order valence-corrected chi connectivity index (χ0v) is 12.5. The first-order valence-corrected chi connectivity index (χ1v) is 7.42. The highest BCUT2D eigenvalue weighted by molar-refractivity contribution is 5.44. The Morgan fingerprint density at radius 3 is 2.26 bits per heavy atom. The van der Waals surface area contributed by atoms with E-state index >= 15 is 0 Å². The first-order valence-electron chi connectivity index (χ1n) is 7.42. The zero-order chi connectivity index (χ0) is 14.1. The minimum Gasteiger partial charge on any atom is -0.390 e. The van der Waals surface area contributed by atoms with Gasteiger partial charge in [0.2, 0.25) is 0 Å². The molecule has 3 nitrogen and oxygen atoms in total. The molecule has 1 atom stereocenters. The fourth-order valence-corrected chi connectivity index (χ4v) is 2.16. The average molecular weight is 264 g/mol. The van der Waals surface area contributed by atoms with Gasteiger partial charge in [-0.3, -0.25) is 0 Å². The summed E-state index contributed by atoms with van der Waals surface area (Å²) in [5.41, 5.74) is 2.45. The van der Waals surface area contributed by atoms with E-state index in [9.17, 15) is 5.11 Å². The minimum atomic E-state index is -0.324. The van der Waals surface area contributed by atoms with Crippen molar-refractivity contribution in [2.24, 2.45) is 0 Å². The average Bonchev–Trinajstić information content (AvgIpc) is 2.44. The summed E-state index contributed by atoms with van der Waals surface area (Å²) in [6.07, 6.45) is 1.98. The molecule has 0 saturated carbocycles. The van der Waals surface area contributed by atoms with Crippen LogP contribution >= 0.6 is 0 Å². The van der Waals surface area contributed by atoms with Crippen molar-refractivity contribution < 1.29 is 5.11 Å². The van der Waals surface area contributed by atoms with Gasteiger partial charge in [-0.25, -0.2) is 0 Å². The van der Waals surface area contributed by atoms with Gasteiger partial charge in [-0.05, 0) is 37.2 Å². The third kappa shape index (κ3) is 6.08. The molecule has 1 unspecified atom stereocenters. The molecule has 0 aliphatic heterocycles. The van der Waals surface area contributed by atoms with Crippen molar-refractivity contribution in [1.29, 1.82) is 0 Å². The minimum absolute atomic E-state index is 0.324. The Bertz CT molecular complexity index is 333. The number of nitrogens with one attached hydrogen (secondary N) is 1. The fourth-order valence-electron chi connectivity index (χ4n) is 2.16. The number of aliphatic hydroxyl groups excluding tert-OH is 1. The van der Waals surface area contributed by atoms with E-state index in [-0.39, 0.29) is 6.10 Å². The van der Waals surface area contributed by atoms with Gasteiger partial charge in [0.05, 0.1) is 6.10 Å². The number of likely N-dealkylation sites (N-methyl/N-ethyl adjacent to an activating group) is 1. The largest absolute Gasteiger partial charge is 0.390 e. The molecule has 1 rings (SSSR count). The van der Waals surface area contributed by atoms with Crippen LogP contribution in [-0.2, 0) is 6.42 Å². The maximum absolute atomic E-state index is 9.98. The molecule has 0 amide bonds. The summed E-state index contributed by atoms with van der Waals surface area (Å²) in [4.78, 5) is 2.23. The number of rotatable bonds is 9. The second-order valence-corrected chi connectivity index (χ2v) is 4.97. The molecule has 0 aromatic heterocycles. The summed E-state index contributed by atoms with van der Waals surface area (Å²) in [6, 6.07) is 8.50. The van der Waals surface area contributed by atoms with Crippen molar-refractivity contribution in [3.8, 4) is 0 Å². The number of aliphatic hydroxyl groups is 1. The van der Waals surface area contributed by atoms with Gasteiger partial charge >= 0.3 is 0 Å². The Morgan fingerprint density at radius 2 is 1.74 bits per heavy atom. The molecule has 0 heterocycles. The predicted molar refractivity (Wildman–Crippen MR) is 82.7 cm³/mol. The Morgan fingerprint density at radius 1 is 1.11 bits per heavy atom. The molecule has 108 valence electrons. The van der Waals surface area contributed by atoms with E-state index in [0.717, 1.165) is 31.7 Å². The van der Waals surface area contributed by atoms with Crippen LogP contribution in [0.15, 0.2) is 24.3 Å². The molecule has 19 heavy (non-hydrogen) atoms. The van der Waals surface area contributed by atoms with Gasteiger partial charge in [0, 0.05) is 18.8 Å². The summed E-state index contributed by atoms with van der Waals surface area (Å²) in [6.45, 7) is 9.73. The lowest BCUT2D eigenvalue weighted by Gasteiger charge is -2.22. The van der Waals surface area contributed by atoms with Gasteiger partial charge < -0.3 is 15.3 Å². The van der Waals surface area contributed by atoms with Crippen LogP contribution in [0.5, 0.6) is 0 Å². The Kier molecular flexibility index (Phi) is 7.53. The van der Waals surface area contributed by atoms with Gasteiger partial charge in [0.1, 0.15) is 0 Å². The maximum Gasteiger partial charge on any atom is 0.0839 e. The lowest BCUT2D eigenvalue weighted by molar-refractivity contribution is 0.128. The van der Waals surface area contributed by atoms with Crippen LogP contribution in [0.25, 0.3) is 0 Å². The van der Waals surface area contributed by atoms with E-state index in [1.165, 1.54) is 12.0 Å². The number of aryl methyl sites for hydroxylation is 1. The monoisotopic (exact) mass is 264 g/mol. The maximum atomic E-state index is 9.98. The van der Waals surface area contributed by atoms with Crippen LogP contribution < -0.4 is 5.32 Å². The van der Waals surface area contributed by atoms with Crippen molar-refractivity contribution in [3.63, 3.8) is 0 Å². The lowest BCUT2D eigenvalue weighted by atomic mass is 10.1. The van der Waals surface area contributed by atoms with Crippen LogP contribution in [0.1, 0.15) is 32.8 Å². The molecule has 3 heteroatoms. The van der Waals surface area contributed by atoms with Crippen molar-refractivity contribution in [2.75, 3.05) is 31.5 Å². The highest BCUT2D eigenvalue weighted by atomic mass is 16.3. The summed E-state index contributed by atoms with van der Waals surface area (Å²) in [5, 5.41) is 13.3. The smallest absolute Gasteiger partial charge is 0.0839 e. The number of hydrogen-bond acceptors (Lipinski definition) is 3. The highest BCUT2D eigenvalue weighted by Gasteiger charge is 2.08. The van der Waals surface area contributed by atoms with Crippen molar-refractivity contribution in [3.05, 3.63) is 29.8 Å². The van der Waals surface area contributed by atoms with Gasteiger partial charge in [0.15, 0.2) is 0 Å². The molecule has 0 saturated heterocycles. The Labute approximate surface area is 117 Å². The van der Waals surface area contributed by atoms with E-state index in [2.05, 4.69) is 55.3 Å². The molecule has 0 spiro atoms. The predicted octanol–water partition coefficient (Wildman–Crippen LogP) is 2.75. The quantitative estimate of drug-likeness (QED) is 0.720. The molecular formula is C16H28N2O. The zero-order valence-electron chi connectivity index (χ0n) is 12.5. The topological polar surface area (TPSA) is 35.5 Å². The molecule has 1 aromatic rings. The van der Waals surface area contributed by atoms with E-state index in [1.807, 2.05) is 0 Å². The van der Waals surface area contributed by atoms with Crippen LogP contribution in [-0.4, -0.2) is 42.3 Å². The van der Waals surface area contributed by atoms with Gasteiger partial charge in [-0.15, -0.1) is 0 Å². The normalized spacial score (nSPS) is 12.7. The van der Waals surface area contributed by atoms with E-state index < -0.39 is 0 Å². The second kappa shape index (κ2) is 8.94. The van der Waals surface area contributed by atoms with Crippen molar-refractivity contribution in [2.45, 2.75) is 39.7 Å². The van der Waals surface area contributed by atoms with Gasteiger partial charge in [-0.1, -0.05) is 39.3 Å². The lowest BCUT2D eigenvalue weighted by Crippen LogP contribution is -2.35. The van der Waals surface area contributed by atoms with E-state index in [4.69, 9.17) is 0 Å². The third-order valence-electron chi connectivity index (χ3n) is 3.40. The standard InChI is InChI=1S/C16H28N2O/c1-4-7-14-8-10-15(11-9-14)17-12-16(19)13-18(5-2)6-3/h8-11,16-17,19H,4-7,12-13H2,1-3H3. The van der Waals surface area contributed by atoms with Gasteiger partial charge in [0.25, 0.3) is 0 Å². The summed E-state index contributed by atoms with van der Waals surface area (Å²) >= 11 is 0. The number of nitrogens with zero attached hydrogens (tertiary/aromatic N) is 1. The molecule has 0 aliphatic carbocycles. The van der Waals surface area contributed by atoms with Crippen LogP contribution in [0.4, 0.5) is 5.69 Å². The molecule has 0 fully saturated rings. The Balaban J connectivity index is 2.35. The summed E-state index contributed by atoms with van der Waals surface area (Å²) < 4.78 is 0. The Hall–Kier alpha value is -1.06. The molecule has 0 radical (unpaired) electrons. The van der Waals surface area contributed by atoms with Crippen LogP contribution in [0.3, 0.4) is 0 Å². The molecule has 2 N–H and O–H groups in total. The summed E-state index contributed by atoms with van der Waals surface area (Å²) in [7, 11) is 0. The number of benzene rings is 1.